The number of hydrogen-bond donors (Lipinski definition) is 0. The Hall–Kier alpha value is -1.52. The molecule has 2 aromatic carbocycles. The number of esters is 1. The van der Waals surface area contributed by atoms with Gasteiger partial charge in [-0.15, -0.1) is 0 Å². The number of ether oxygens (including phenoxy) is 2. The number of carbonyl (C=O) groups is 1. The van der Waals surface area contributed by atoms with Crippen LogP contribution in [0.3, 0.4) is 0 Å². The molecule has 0 aliphatic heterocycles. The Labute approximate surface area is 137 Å². The molecule has 0 spiro atoms. The first kappa shape index (κ1) is 15.9. The second kappa shape index (κ2) is 6.96. The van der Waals surface area contributed by atoms with Crippen molar-refractivity contribution in [3.63, 3.8) is 0 Å². The summed E-state index contributed by atoms with van der Waals surface area (Å²) in [5.41, 5.74) is 1.73. The molecule has 3 nitrogen and oxygen atoms in total. The van der Waals surface area contributed by atoms with Gasteiger partial charge in [-0.2, -0.15) is 0 Å². The Kier molecular flexibility index (Phi) is 5.26. The normalized spacial score (nSPS) is 10.3. The van der Waals surface area contributed by atoms with Gasteiger partial charge in [-0.3, -0.25) is 0 Å². The second-order valence-electron chi connectivity index (χ2n) is 4.56. The van der Waals surface area contributed by atoms with Crippen LogP contribution in [0.4, 0.5) is 0 Å². The zero-order valence-corrected chi connectivity index (χ0v) is 14.0. The predicted molar refractivity (Wildman–Crippen MR) is 86.2 cm³/mol. The molecule has 0 saturated carbocycles. The Balaban J connectivity index is 1.98. The summed E-state index contributed by atoms with van der Waals surface area (Å²) in [5, 5.41) is 0.680. The maximum Gasteiger partial charge on any atom is 0.349 e. The average molecular weight is 370 g/mol. The van der Waals surface area contributed by atoms with E-state index >= 15 is 0 Å². The van der Waals surface area contributed by atoms with E-state index in [4.69, 9.17) is 21.1 Å². The smallest absolute Gasteiger partial charge is 0.349 e. The minimum Gasteiger partial charge on any atom is -0.481 e. The molecule has 0 aromatic heterocycles. The molecule has 0 amide bonds. The van der Waals surface area contributed by atoms with E-state index in [1.807, 2.05) is 32.0 Å². The molecule has 0 radical (unpaired) electrons. The third kappa shape index (κ3) is 4.22. The van der Waals surface area contributed by atoms with Gasteiger partial charge in [0.2, 0.25) is 0 Å². The first-order chi connectivity index (χ1) is 9.97. The van der Waals surface area contributed by atoms with E-state index < -0.39 is 5.97 Å². The Morgan fingerprint density at radius 1 is 1.19 bits per heavy atom. The summed E-state index contributed by atoms with van der Waals surface area (Å²) in [6.45, 7) is 3.57. The molecule has 21 heavy (non-hydrogen) atoms. The molecule has 0 unspecified atom stereocenters. The zero-order chi connectivity index (χ0) is 15.4. The van der Waals surface area contributed by atoms with Gasteiger partial charge in [-0.1, -0.05) is 23.7 Å². The van der Waals surface area contributed by atoms with Crippen LogP contribution in [0.25, 0.3) is 0 Å². The number of para-hydroxylation sites is 1. The average Bonchev–Trinajstić information content (AvgIpc) is 2.44. The fraction of sp³-hybridized carbons (Fsp3) is 0.188. The van der Waals surface area contributed by atoms with Gasteiger partial charge in [0.15, 0.2) is 6.61 Å². The van der Waals surface area contributed by atoms with Gasteiger partial charge in [0.1, 0.15) is 11.5 Å². The zero-order valence-electron chi connectivity index (χ0n) is 11.7. The summed E-state index contributed by atoms with van der Waals surface area (Å²) in [6.07, 6.45) is 0. The molecule has 2 rings (SSSR count). The van der Waals surface area contributed by atoms with Gasteiger partial charge in [-0.05, 0) is 65.2 Å². The standard InChI is InChI=1S/C16H14BrClO3/c1-10-7-12(8-11(2)16(10)18)21-15(19)9-20-14-6-4-3-5-13(14)17/h3-8H,9H2,1-2H3. The van der Waals surface area contributed by atoms with Crippen molar-refractivity contribution in [2.75, 3.05) is 6.61 Å². The minimum atomic E-state index is -0.466. The van der Waals surface area contributed by atoms with Gasteiger partial charge >= 0.3 is 5.97 Å². The van der Waals surface area contributed by atoms with Crippen LogP contribution in [0.15, 0.2) is 40.9 Å². The van der Waals surface area contributed by atoms with Crippen molar-refractivity contribution >= 4 is 33.5 Å². The van der Waals surface area contributed by atoms with Crippen molar-refractivity contribution in [2.45, 2.75) is 13.8 Å². The number of rotatable bonds is 4. The van der Waals surface area contributed by atoms with Crippen LogP contribution in [0.1, 0.15) is 11.1 Å². The fourth-order valence-corrected chi connectivity index (χ4v) is 2.33. The van der Waals surface area contributed by atoms with E-state index in [1.54, 1.807) is 18.2 Å². The molecule has 0 saturated heterocycles. The Morgan fingerprint density at radius 2 is 1.81 bits per heavy atom. The van der Waals surface area contributed by atoms with Crippen molar-refractivity contribution in [1.82, 2.24) is 0 Å². The van der Waals surface area contributed by atoms with Crippen LogP contribution in [-0.2, 0) is 4.79 Å². The summed E-state index contributed by atoms with van der Waals surface area (Å²) in [4.78, 5) is 11.8. The van der Waals surface area contributed by atoms with Crippen molar-refractivity contribution in [3.05, 3.63) is 57.0 Å². The summed E-state index contributed by atoms with van der Waals surface area (Å²) < 4.78 is 11.5. The van der Waals surface area contributed by atoms with E-state index in [0.717, 1.165) is 15.6 Å². The number of hydrogen-bond acceptors (Lipinski definition) is 3. The van der Waals surface area contributed by atoms with Gasteiger partial charge in [0.05, 0.1) is 4.47 Å². The first-order valence-corrected chi connectivity index (χ1v) is 7.49. The predicted octanol–water partition coefficient (Wildman–Crippen LogP) is 4.70. The van der Waals surface area contributed by atoms with E-state index in [9.17, 15) is 4.79 Å². The molecule has 0 fully saturated rings. The molecule has 0 N–H and O–H groups in total. The molecule has 0 atom stereocenters. The molecule has 0 aliphatic carbocycles. The first-order valence-electron chi connectivity index (χ1n) is 6.32. The molecular weight excluding hydrogens is 356 g/mol. The molecule has 0 bridgehead atoms. The summed E-state index contributed by atoms with van der Waals surface area (Å²) in [6, 6.07) is 10.8. The summed E-state index contributed by atoms with van der Waals surface area (Å²) in [7, 11) is 0. The molecule has 0 aliphatic rings. The number of aryl methyl sites for hydroxylation is 2. The number of benzene rings is 2. The maximum absolute atomic E-state index is 11.8. The highest BCUT2D eigenvalue weighted by Crippen LogP contribution is 2.26. The largest absolute Gasteiger partial charge is 0.481 e. The fourth-order valence-electron chi connectivity index (χ4n) is 1.82. The van der Waals surface area contributed by atoms with E-state index in [2.05, 4.69) is 15.9 Å². The lowest BCUT2D eigenvalue weighted by Crippen LogP contribution is -2.18. The molecule has 0 heterocycles. The molecular formula is C16H14BrClO3. The lowest BCUT2D eigenvalue weighted by molar-refractivity contribution is -0.136. The Bertz CT molecular complexity index is 647. The lowest BCUT2D eigenvalue weighted by atomic mass is 10.1. The van der Waals surface area contributed by atoms with Crippen molar-refractivity contribution in [2.24, 2.45) is 0 Å². The van der Waals surface area contributed by atoms with Gasteiger partial charge < -0.3 is 9.47 Å². The third-order valence-corrected chi connectivity index (χ3v) is 4.08. The van der Waals surface area contributed by atoms with Crippen LogP contribution < -0.4 is 9.47 Å². The van der Waals surface area contributed by atoms with E-state index in [1.165, 1.54) is 0 Å². The van der Waals surface area contributed by atoms with Crippen LogP contribution >= 0.6 is 27.5 Å². The van der Waals surface area contributed by atoms with Crippen LogP contribution in [0.5, 0.6) is 11.5 Å². The highest BCUT2D eigenvalue weighted by Gasteiger charge is 2.10. The monoisotopic (exact) mass is 368 g/mol. The van der Waals surface area contributed by atoms with Gasteiger partial charge in [0.25, 0.3) is 0 Å². The van der Waals surface area contributed by atoms with Crippen molar-refractivity contribution in [3.8, 4) is 11.5 Å². The minimum absolute atomic E-state index is 0.163. The number of halogens is 2. The van der Waals surface area contributed by atoms with Gasteiger partial charge in [0, 0.05) is 5.02 Å². The highest BCUT2D eigenvalue weighted by molar-refractivity contribution is 9.10. The second-order valence-corrected chi connectivity index (χ2v) is 5.80. The molecule has 2 aromatic rings. The number of carbonyl (C=O) groups excluding carboxylic acids is 1. The summed E-state index contributed by atoms with van der Waals surface area (Å²) in [5.74, 6) is 0.597. The lowest BCUT2D eigenvalue weighted by Gasteiger charge is -2.10. The highest BCUT2D eigenvalue weighted by atomic mass is 79.9. The van der Waals surface area contributed by atoms with E-state index in [0.29, 0.717) is 16.5 Å². The summed E-state index contributed by atoms with van der Waals surface area (Å²) >= 11 is 9.42. The van der Waals surface area contributed by atoms with Crippen LogP contribution in [-0.4, -0.2) is 12.6 Å². The third-order valence-electron chi connectivity index (χ3n) is 2.82. The molecule has 110 valence electrons. The van der Waals surface area contributed by atoms with Gasteiger partial charge in [-0.25, -0.2) is 4.79 Å². The van der Waals surface area contributed by atoms with Crippen molar-refractivity contribution in [1.29, 1.82) is 0 Å². The molecule has 5 heteroatoms. The maximum atomic E-state index is 11.8. The topological polar surface area (TPSA) is 35.5 Å². The SMILES string of the molecule is Cc1cc(OC(=O)COc2ccccc2Br)cc(C)c1Cl. The van der Waals surface area contributed by atoms with Crippen LogP contribution in [0.2, 0.25) is 5.02 Å². The van der Waals surface area contributed by atoms with Crippen molar-refractivity contribution < 1.29 is 14.3 Å². The van der Waals surface area contributed by atoms with Crippen LogP contribution in [0, 0.1) is 13.8 Å². The Morgan fingerprint density at radius 3 is 2.43 bits per heavy atom. The van der Waals surface area contributed by atoms with E-state index in [-0.39, 0.29) is 6.61 Å². The quantitative estimate of drug-likeness (QED) is 0.578.